The van der Waals surface area contributed by atoms with E-state index in [4.69, 9.17) is 4.74 Å². The number of fused-ring (bicyclic) bond motifs is 2. The van der Waals surface area contributed by atoms with Gasteiger partial charge in [0.25, 0.3) is 5.91 Å². The van der Waals surface area contributed by atoms with Crippen LogP contribution in [0.2, 0.25) is 0 Å². The van der Waals surface area contributed by atoms with Crippen molar-refractivity contribution in [1.29, 1.82) is 0 Å². The van der Waals surface area contributed by atoms with Crippen molar-refractivity contribution in [1.82, 2.24) is 36.4 Å². The van der Waals surface area contributed by atoms with Gasteiger partial charge >= 0.3 is 0 Å². The molecule has 1 unspecified atom stereocenters. The monoisotopic (exact) mass is 937 g/mol. The molecule has 3 aliphatic rings. The smallest absolute Gasteiger partial charge is 0.251 e. The number of aliphatic hydroxyl groups is 4. The van der Waals surface area contributed by atoms with Crippen molar-refractivity contribution >= 4 is 41.4 Å². The Bertz CT molecular complexity index is 2020. The number of carbonyl (C=O) groups excluding carboxylic acids is 7. The number of phenols is 1. The van der Waals surface area contributed by atoms with Crippen LogP contribution in [0.1, 0.15) is 101 Å². The summed E-state index contributed by atoms with van der Waals surface area (Å²) in [6.45, 7) is 4.39. The van der Waals surface area contributed by atoms with E-state index in [1.54, 1.807) is 12.1 Å². The highest BCUT2D eigenvalue weighted by Crippen LogP contribution is 2.23. The van der Waals surface area contributed by atoms with Crippen LogP contribution in [0, 0.1) is 0 Å². The predicted octanol–water partition coefficient (Wildman–Crippen LogP) is -0.478. The lowest BCUT2D eigenvalue weighted by molar-refractivity contribution is -0.145. The number of hydrogen-bond acceptors (Lipinski definition) is 13. The second-order valence-electron chi connectivity index (χ2n) is 17.8. The maximum absolute atomic E-state index is 14.3. The van der Waals surface area contributed by atoms with Gasteiger partial charge in [0.1, 0.15) is 47.8 Å². The molecule has 0 radical (unpaired) electrons. The van der Waals surface area contributed by atoms with Crippen LogP contribution in [-0.2, 0) is 35.2 Å². The Labute approximate surface area is 390 Å². The lowest BCUT2D eigenvalue weighted by Gasteiger charge is -2.32. The fourth-order valence-corrected chi connectivity index (χ4v) is 8.52. The molecular weight excluding hydrogens is 871 g/mol. The molecule has 3 saturated heterocycles. The predicted molar refractivity (Wildman–Crippen MR) is 242 cm³/mol. The first-order valence-electron chi connectivity index (χ1n) is 23.3. The van der Waals surface area contributed by atoms with E-state index < -0.39 is 102 Å². The third-order valence-electron chi connectivity index (χ3n) is 12.3. The number of ether oxygens (including phenoxy) is 1. The molecule has 10 atom stereocenters. The summed E-state index contributed by atoms with van der Waals surface area (Å²) in [6.07, 6.45) is 0.455. The Morgan fingerprint density at radius 3 is 1.87 bits per heavy atom. The molecular formula is C47H67N7O13. The number of nitrogens with zero attached hydrogens (tertiary/aromatic N) is 2. The third-order valence-corrected chi connectivity index (χ3v) is 12.3. The molecule has 2 aromatic rings. The highest BCUT2D eigenvalue weighted by Gasteiger charge is 2.46. The van der Waals surface area contributed by atoms with E-state index in [-0.39, 0.29) is 63.1 Å². The van der Waals surface area contributed by atoms with Gasteiger partial charge in [0.05, 0.1) is 31.0 Å². The van der Waals surface area contributed by atoms with Gasteiger partial charge in [0.2, 0.25) is 35.4 Å². The van der Waals surface area contributed by atoms with Gasteiger partial charge in [0.15, 0.2) is 0 Å². The van der Waals surface area contributed by atoms with Crippen LogP contribution in [0.4, 0.5) is 0 Å². The molecule has 20 nitrogen and oxygen atoms in total. The summed E-state index contributed by atoms with van der Waals surface area (Å²) in [5, 5.41) is 66.0. The van der Waals surface area contributed by atoms with E-state index in [2.05, 4.69) is 33.5 Å². The summed E-state index contributed by atoms with van der Waals surface area (Å²) in [5.41, 5.74) is 0.640. The third kappa shape index (κ3) is 14.6. The number of unbranched alkanes of at least 4 members (excludes halogenated alkanes) is 5. The van der Waals surface area contributed by atoms with Gasteiger partial charge in [-0.2, -0.15) is 0 Å². The SMILES string of the molecule is CCCCCCCCOc1ccc(C(=O)NC2CCCNC(=O)[C@@H]3C[C@@H](O)CN3C(=O)[C@H]([C@@H](C)O)NC(=O)[C@H](Cc3ccc(O)cc3)NC(=O)[C@@H]3C[C@@H](O)CN3C(=O)[C@H]([C@@H](C)O)NC2=O)cc1. The highest BCUT2D eigenvalue weighted by molar-refractivity contribution is 6.00. The molecule has 368 valence electrons. The molecule has 0 aliphatic carbocycles. The van der Waals surface area contributed by atoms with E-state index >= 15 is 0 Å². The maximum Gasteiger partial charge on any atom is 0.251 e. The van der Waals surface area contributed by atoms with Crippen LogP contribution in [-0.4, -0.2) is 164 Å². The zero-order valence-electron chi connectivity index (χ0n) is 38.4. The number of nitrogens with one attached hydrogen (secondary N) is 5. The number of benzene rings is 2. The minimum absolute atomic E-state index is 0.0706. The first-order valence-corrected chi connectivity index (χ1v) is 23.3. The van der Waals surface area contributed by atoms with E-state index in [0.29, 0.717) is 17.9 Å². The van der Waals surface area contributed by atoms with Crippen molar-refractivity contribution < 1.29 is 63.8 Å². The molecule has 0 bridgehead atoms. The molecule has 3 heterocycles. The number of carbonyl (C=O) groups is 7. The molecule has 20 heteroatoms. The fraction of sp³-hybridized carbons (Fsp3) is 0.596. The molecule has 7 amide bonds. The number of hydrogen-bond donors (Lipinski definition) is 10. The first-order chi connectivity index (χ1) is 32.0. The van der Waals surface area contributed by atoms with Crippen LogP contribution in [0.5, 0.6) is 11.5 Å². The van der Waals surface area contributed by atoms with Gasteiger partial charge in [-0.05, 0) is 75.1 Å². The van der Waals surface area contributed by atoms with E-state index in [1.165, 1.54) is 63.1 Å². The fourth-order valence-electron chi connectivity index (χ4n) is 8.52. The lowest BCUT2D eigenvalue weighted by Crippen LogP contribution is -2.62. The summed E-state index contributed by atoms with van der Waals surface area (Å²) < 4.78 is 5.85. The van der Waals surface area contributed by atoms with Gasteiger partial charge in [-0.1, -0.05) is 51.2 Å². The molecule has 0 saturated carbocycles. The van der Waals surface area contributed by atoms with E-state index in [1.807, 2.05) is 0 Å². The number of aromatic hydroxyl groups is 1. The molecule has 10 N–H and O–H groups in total. The largest absolute Gasteiger partial charge is 0.508 e. The van der Waals surface area contributed by atoms with Crippen molar-refractivity contribution in [3.8, 4) is 11.5 Å². The summed E-state index contributed by atoms with van der Waals surface area (Å²) in [6, 6.07) is 3.23. The van der Waals surface area contributed by atoms with Gasteiger partial charge < -0.3 is 66.7 Å². The molecule has 2 aromatic carbocycles. The van der Waals surface area contributed by atoms with E-state index in [0.717, 1.165) is 35.5 Å². The second-order valence-corrected chi connectivity index (χ2v) is 17.8. The Hall–Kier alpha value is -5.83. The summed E-state index contributed by atoms with van der Waals surface area (Å²) in [5.74, 6) is -5.41. The standard InChI is InChI=1S/C47H67N7O13/c1-4-5-6-7-8-9-21-67-34-18-14-30(15-19-34)41(60)49-35-11-10-20-48-44(63)37-23-32(58)25-53(37)46(65)40(28(3)56)52-43(62)36(22-29-12-16-31(57)17-13-29)50-45(64)38-24-33(59)26-54(38)47(66)39(27(2)55)51-42(35)61/h12-19,27-28,32-33,35-40,55-59H,4-11,20-26H2,1-3H3,(H,48,63)(H,49,60)(H,50,64)(H,51,61)(H,52,62)/t27-,28-,32-,33-,35?,36+,37+,38+,39+,40+/m1/s1. The summed E-state index contributed by atoms with van der Waals surface area (Å²) in [4.78, 5) is 100.0. The zero-order valence-corrected chi connectivity index (χ0v) is 38.4. The lowest BCUT2D eigenvalue weighted by atomic mass is 10.0. The molecule has 3 fully saturated rings. The second kappa shape index (κ2) is 24.8. The quantitative estimate of drug-likeness (QED) is 0.107. The number of rotatable bonds is 14. The van der Waals surface area contributed by atoms with Crippen molar-refractivity contribution in [3.05, 3.63) is 59.7 Å². The average molecular weight is 938 g/mol. The van der Waals surface area contributed by atoms with Gasteiger partial charge in [-0.25, -0.2) is 0 Å². The Balaban J connectivity index is 1.42. The van der Waals surface area contributed by atoms with Crippen LogP contribution in [0.25, 0.3) is 0 Å². The maximum atomic E-state index is 14.3. The zero-order chi connectivity index (χ0) is 48.8. The number of phenolic OH excluding ortho intramolecular Hbond substituents is 1. The summed E-state index contributed by atoms with van der Waals surface area (Å²) >= 11 is 0. The topological polar surface area (TPSA) is 296 Å². The van der Waals surface area contributed by atoms with Crippen LogP contribution in [0.15, 0.2) is 48.5 Å². The average Bonchev–Trinajstić information content (AvgIpc) is 3.90. The summed E-state index contributed by atoms with van der Waals surface area (Å²) in [7, 11) is 0. The number of amides is 7. The Morgan fingerprint density at radius 2 is 1.28 bits per heavy atom. The van der Waals surface area contributed by atoms with Crippen molar-refractivity contribution in [2.45, 2.75) is 152 Å². The molecule has 5 rings (SSSR count). The van der Waals surface area contributed by atoms with E-state index in [9.17, 15) is 59.1 Å². The minimum Gasteiger partial charge on any atom is -0.508 e. The molecule has 67 heavy (non-hydrogen) atoms. The molecule has 3 aliphatic heterocycles. The minimum atomic E-state index is -1.68. The normalized spacial score (nSPS) is 26.8. The number of aliphatic hydroxyl groups excluding tert-OH is 4. The Morgan fingerprint density at radius 1 is 0.731 bits per heavy atom. The van der Waals surface area contributed by atoms with Gasteiger partial charge in [0, 0.05) is 44.5 Å². The van der Waals surface area contributed by atoms with Crippen LogP contribution >= 0.6 is 0 Å². The van der Waals surface area contributed by atoms with Crippen LogP contribution in [0.3, 0.4) is 0 Å². The van der Waals surface area contributed by atoms with Crippen LogP contribution < -0.4 is 31.3 Å². The Kier molecular flexibility index (Phi) is 19.3. The first kappa shape index (κ1) is 52.1. The molecule has 0 aromatic heterocycles. The van der Waals surface area contributed by atoms with Gasteiger partial charge in [-0.15, -0.1) is 0 Å². The highest BCUT2D eigenvalue weighted by atomic mass is 16.5. The van der Waals surface area contributed by atoms with Gasteiger partial charge in [-0.3, -0.25) is 33.6 Å². The van der Waals surface area contributed by atoms with Crippen molar-refractivity contribution in [2.75, 3.05) is 26.2 Å². The van der Waals surface area contributed by atoms with Crippen molar-refractivity contribution in [2.24, 2.45) is 0 Å². The molecule has 0 spiro atoms. The van der Waals surface area contributed by atoms with Crippen molar-refractivity contribution in [3.63, 3.8) is 0 Å².